The summed E-state index contributed by atoms with van der Waals surface area (Å²) in [5.74, 6) is -1.63. The summed E-state index contributed by atoms with van der Waals surface area (Å²) in [7, 11) is -2.70. The van der Waals surface area contributed by atoms with Crippen molar-refractivity contribution in [3.05, 3.63) is 95.3 Å². The number of anilines is 1. The molecule has 0 saturated carbocycles. The first-order valence-electron chi connectivity index (χ1n) is 11.4. The van der Waals surface area contributed by atoms with E-state index in [0.717, 1.165) is 15.4 Å². The van der Waals surface area contributed by atoms with Gasteiger partial charge in [-0.05, 0) is 62.2 Å². The van der Waals surface area contributed by atoms with Crippen LogP contribution in [-0.2, 0) is 26.2 Å². The molecular formula is C27H30FN3O4S. The summed E-state index contributed by atoms with van der Waals surface area (Å²) in [6.07, 6.45) is 0. The van der Waals surface area contributed by atoms with Crippen molar-refractivity contribution in [1.29, 1.82) is 0 Å². The Hall–Kier alpha value is -3.72. The lowest BCUT2D eigenvalue weighted by atomic mass is 10.1. The van der Waals surface area contributed by atoms with Gasteiger partial charge in [0, 0.05) is 19.2 Å². The predicted octanol–water partition coefficient (Wildman–Crippen LogP) is 3.80. The summed E-state index contributed by atoms with van der Waals surface area (Å²) in [4.78, 5) is 27.3. The standard InChI is InChI=1S/C27H30FN3O4S/c1-19-14-20(2)16-23(15-19)31(36(34,35)24-11-6-5-7-12-24)18-26(32)30(21(3)27(33)29-4)17-22-10-8-9-13-25(22)28/h5-16,21H,17-18H2,1-4H3,(H,29,33)/t21-/m0/s1. The SMILES string of the molecule is CNC(=O)[C@H](C)N(Cc1ccccc1F)C(=O)CN(c1cc(C)cc(C)c1)S(=O)(=O)c1ccccc1. The number of halogens is 1. The second-order valence-corrected chi connectivity index (χ2v) is 10.4. The molecule has 0 aliphatic heterocycles. The van der Waals surface area contributed by atoms with Crippen LogP contribution in [0.25, 0.3) is 0 Å². The van der Waals surface area contributed by atoms with Gasteiger partial charge in [0.1, 0.15) is 18.4 Å². The minimum absolute atomic E-state index is 0.0250. The molecule has 36 heavy (non-hydrogen) atoms. The van der Waals surface area contributed by atoms with Gasteiger partial charge in [-0.1, -0.05) is 42.5 Å². The van der Waals surface area contributed by atoms with Crippen LogP contribution in [-0.4, -0.2) is 44.8 Å². The van der Waals surface area contributed by atoms with Gasteiger partial charge in [-0.3, -0.25) is 13.9 Å². The molecule has 1 atom stereocenters. The molecule has 190 valence electrons. The van der Waals surface area contributed by atoms with Gasteiger partial charge < -0.3 is 10.2 Å². The van der Waals surface area contributed by atoms with Gasteiger partial charge in [-0.25, -0.2) is 12.8 Å². The molecule has 0 aliphatic carbocycles. The lowest BCUT2D eigenvalue weighted by Gasteiger charge is -2.32. The number of rotatable bonds is 9. The zero-order valence-electron chi connectivity index (χ0n) is 20.7. The van der Waals surface area contributed by atoms with Crippen LogP contribution in [0, 0.1) is 19.7 Å². The smallest absolute Gasteiger partial charge is 0.264 e. The van der Waals surface area contributed by atoms with Crippen LogP contribution in [0.2, 0.25) is 0 Å². The summed E-state index contributed by atoms with van der Waals surface area (Å²) in [6, 6.07) is 18.1. The van der Waals surface area contributed by atoms with Crippen molar-refractivity contribution >= 4 is 27.5 Å². The van der Waals surface area contributed by atoms with Crippen LogP contribution in [0.1, 0.15) is 23.6 Å². The molecule has 3 aromatic rings. The highest BCUT2D eigenvalue weighted by molar-refractivity contribution is 7.92. The van der Waals surface area contributed by atoms with E-state index >= 15 is 0 Å². The fourth-order valence-corrected chi connectivity index (χ4v) is 5.36. The van der Waals surface area contributed by atoms with Crippen LogP contribution in [0.5, 0.6) is 0 Å². The first-order chi connectivity index (χ1) is 17.0. The second kappa shape index (κ2) is 11.3. The van der Waals surface area contributed by atoms with Gasteiger partial charge in [-0.15, -0.1) is 0 Å². The van der Waals surface area contributed by atoms with Crippen molar-refractivity contribution in [2.24, 2.45) is 0 Å². The third kappa shape index (κ3) is 6.09. The molecule has 2 amide bonds. The van der Waals surface area contributed by atoms with E-state index in [2.05, 4.69) is 5.32 Å². The van der Waals surface area contributed by atoms with E-state index in [1.807, 2.05) is 19.9 Å². The summed E-state index contributed by atoms with van der Waals surface area (Å²) in [5, 5.41) is 2.50. The summed E-state index contributed by atoms with van der Waals surface area (Å²) < 4.78 is 42.9. The normalized spacial score (nSPS) is 12.0. The monoisotopic (exact) mass is 511 g/mol. The molecule has 0 aromatic heterocycles. The average Bonchev–Trinajstić information content (AvgIpc) is 2.85. The number of benzene rings is 3. The van der Waals surface area contributed by atoms with Crippen LogP contribution < -0.4 is 9.62 Å². The lowest BCUT2D eigenvalue weighted by molar-refractivity contribution is -0.139. The Balaban J connectivity index is 2.07. The van der Waals surface area contributed by atoms with Crippen molar-refractivity contribution in [2.45, 2.75) is 38.3 Å². The fraction of sp³-hybridized carbons (Fsp3) is 0.259. The van der Waals surface area contributed by atoms with E-state index in [4.69, 9.17) is 0 Å². The number of carbonyl (C=O) groups is 2. The first-order valence-corrected chi connectivity index (χ1v) is 12.9. The number of nitrogens with zero attached hydrogens (tertiary/aromatic N) is 2. The van der Waals surface area contributed by atoms with Gasteiger partial charge in [0.15, 0.2) is 0 Å². The van der Waals surface area contributed by atoms with Crippen LogP contribution in [0.3, 0.4) is 0 Å². The van der Waals surface area contributed by atoms with Gasteiger partial charge in [0.25, 0.3) is 10.0 Å². The molecular weight excluding hydrogens is 481 g/mol. The van der Waals surface area contributed by atoms with E-state index in [1.54, 1.807) is 36.4 Å². The summed E-state index contributed by atoms with van der Waals surface area (Å²) in [5.41, 5.74) is 2.19. The molecule has 3 rings (SSSR count). The number of hydrogen-bond acceptors (Lipinski definition) is 4. The number of nitrogens with one attached hydrogen (secondary N) is 1. The maximum Gasteiger partial charge on any atom is 0.264 e. The highest BCUT2D eigenvalue weighted by Crippen LogP contribution is 2.26. The molecule has 0 aliphatic rings. The van der Waals surface area contributed by atoms with E-state index in [9.17, 15) is 22.4 Å². The molecule has 0 fully saturated rings. The molecule has 3 aromatic carbocycles. The fourth-order valence-electron chi connectivity index (χ4n) is 3.94. The third-order valence-corrected chi connectivity index (χ3v) is 7.60. The highest BCUT2D eigenvalue weighted by Gasteiger charge is 2.32. The molecule has 1 N–H and O–H groups in total. The first kappa shape index (κ1) is 26.9. The van der Waals surface area contributed by atoms with Crippen molar-refractivity contribution in [2.75, 3.05) is 17.9 Å². The van der Waals surface area contributed by atoms with E-state index < -0.39 is 40.2 Å². The van der Waals surface area contributed by atoms with Crippen molar-refractivity contribution in [1.82, 2.24) is 10.2 Å². The summed E-state index contributed by atoms with van der Waals surface area (Å²) in [6.45, 7) is 4.42. The van der Waals surface area contributed by atoms with Gasteiger partial charge in [0.05, 0.1) is 10.6 Å². The Morgan fingerprint density at radius 1 is 0.944 bits per heavy atom. The molecule has 0 saturated heterocycles. The molecule has 7 nitrogen and oxygen atoms in total. The van der Waals surface area contributed by atoms with E-state index in [0.29, 0.717) is 5.69 Å². The predicted molar refractivity (Wildman–Crippen MR) is 137 cm³/mol. The summed E-state index contributed by atoms with van der Waals surface area (Å²) >= 11 is 0. The Morgan fingerprint density at radius 3 is 2.11 bits per heavy atom. The van der Waals surface area contributed by atoms with Gasteiger partial charge in [-0.2, -0.15) is 0 Å². The van der Waals surface area contributed by atoms with Crippen molar-refractivity contribution < 1.29 is 22.4 Å². The third-order valence-electron chi connectivity index (χ3n) is 5.82. The molecule has 0 radical (unpaired) electrons. The van der Waals surface area contributed by atoms with Crippen LogP contribution >= 0.6 is 0 Å². The Morgan fingerprint density at radius 2 is 1.53 bits per heavy atom. The number of carbonyl (C=O) groups excluding carboxylic acids is 2. The van der Waals surface area contributed by atoms with E-state index in [-0.39, 0.29) is 17.0 Å². The maximum atomic E-state index is 14.4. The number of hydrogen-bond donors (Lipinski definition) is 1. The molecule has 0 bridgehead atoms. The quantitative estimate of drug-likeness (QED) is 0.474. The van der Waals surface area contributed by atoms with E-state index in [1.165, 1.54) is 49.2 Å². The Bertz CT molecular complexity index is 1330. The van der Waals surface area contributed by atoms with Crippen molar-refractivity contribution in [3.63, 3.8) is 0 Å². The molecule has 0 heterocycles. The number of aryl methyl sites for hydroxylation is 2. The minimum Gasteiger partial charge on any atom is -0.357 e. The van der Waals surface area contributed by atoms with Crippen molar-refractivity contribution in [3.8, 4) is 0 Å². The number of likely N-dealkylation sites (N-methyl/N-ethyl adjacent to an activating group) is 1. The van der Waals surface area contributed by atoms with Crippen LogP contribution in [0.15, 0.2) is 77.7 Å². The molecule has 0 unspecified atom stereocenters. The minimum atomic E-state index is -4.14. The zero-order chi connectivity index (χ0) is 26.5. The topological polar surface area (TPSA) is 86.8 Å². The average molecular weight is 512 g/mol. The molecule has 9 heteroatoms. The maximum absolute atomic E-state index is 14.4. The van der Waals surface area contributed by atoms with Crippen LogP contribution in [0.4, 0.5) is 10.1 Å². The largest absolute Gasteiger partial charge is 0.357 e. The lowest BCUT2D eigenvalue weighted by Crippen LogP contribution is -2.50. The molecule has 0 spiro atoms. The Kier molecular flexibility index (Phi) is 8.47. The number of sulfonamides is 1. The number of amides is 2. The van der Waals surface area contributed by atoms with Gasteiger partial charge >= 0.3 is 0 Å². The zero-order valence-corrected chi connectivity index (χ0v) is 21.5. The van der Waals surface area contributed by atoms with Gasteiger partial charge in [0.2, 0.25) is 11.8 Å². The Labute approximate surface area is 211 Å². The second-order valence-electron chi connectivity index (χ2n) is 8.57. The highest BCUT2D eigenvalue weighted by atomic mass is 32.2.